The Labute approximate surface area is 175 Å². The van der Waals surface area contributed by atoms with Crippen molar-refractivity contribution >= 4 is 17.7 Å². The lowest BCUT2D eigenvalue weighted by atomic mass is 9.75. The molecule has 1 aliphatic heterocycles. The van der Waals surface area contributed by atoms with Crippen LogP contribution in [0.5, 0.6) is 5.75 Å². The van der Waals surface area contributed by atoms with Crippen LogP contribution in [-0.4, -0.2) is 60.4 Å². The first-order chi connectivity index (χ1) is 14.3. The van der Waals surface area contributed by atoms with Gasteiger partial charge in [0.1, 0.15) is 5.75 Å². The number of para-hydroxylation sites is 1. The molecule has 158 valence electrons. The Morgan fingerprint density at radius 1 is 1.17 bits per heavy atom. The summed E-state index contributed by atoms with van der Waals surface area (Å²) in [5.41, 5.74) is -0.120. The first-order valence-corrected chi connectivity index (χ1v) is 9.71. The monoisotopic (exact) mass is 410 g/mol. The molecule has 1 fully saturated rings. The van der Waals surface area contributed by atoms with E-state index in [0.29, 0.717) is 16.9 Å². The number of rotatable bonds is 7. The Kier molecular flexibility index (Phi) is 6.22. The van der Waals surface area contributed by atoms with Crippen LogP contribution >= 0.6 is 0 Å². The molecule has 1 saturated heterocycles. The largest absolute Gasteiger partial charge is 0.496 e. The predicted octanol–water partition coefficient (Wildman–Crippen LogP) is 1.90. The molecule has 0 radical (unpaired) electrons. The van der Waals surface area contributed by atoms with Crippen molar-refractivity contribution in [2.75, 3.05) is 27.7 Å². The van der Waals surface area contributed by atoms with Gasteiger partial charge in [0.2, 0.25) is 17.7 Å². The summed E-state index contributed by atoms with van der Waals surface area (Å²) in [4.78, 5) is 41.1. The van der Waals surface area contributed by atoms with E-state index in [4.69, 9.17) is 4.74 Å². The second kappa shape index (κ2) is 8.67. The van der Waals surface area contributed by atoms with Crippen molar-refractivity contribution in [1.82, 2.24) is 9.80 Å². The van der Waals surface area contributed by atoms with Gasteiger partial charge in [-0.1, -0.05) is 48.5 Å². The summed E-state index contributed by atoms with van der Waals surface area (Å²) < 4.78 is 5.42. The minimum atomic E-state index is -1.33. The number of likely N-dealkylation sites (tertiary alicyclic amines) is 1. The fourth-order valence-corrected chi connectivity index (χ4v) is 3.91. The molecule has 0 bridgehead atoms. The molecule has 7 nitrogen and oxygen atoms in total. The maximum atomic E-state index is 13.1. The average molecular weight is 410 g/mol. The molecule has 1 aliphatic rings. The smallest absolute Gasteiger partial charge is 0.240 e. The first kappa shape index (κ1) is 21.5. The Morgan fingerprint density at radius 3 is 2.40 bits per heavy atom. The minimum Gasteiger partial charge on any atom is -0.496 e. The van der Waals surface area contributed by atoms with Crippen molar-refractivity contribution in [3.8, 4) is 5.75 Å². The van der Waals surface area contributed by atoms with Gasteiger partial charge in [-0.05, 0) is 11.6 Å². The lowest BCUT2D eigenvalue weighted by Gasteiger charge is -2.30. The molecule has 0 spiro atoms. The predicted molar refractivity (Wildman–Crippen MR) is 111 cm³/mol. The minimum absolute atomic E-state index is 0.0722. The number of likely N-dealkylation sites (N-methyl/N-ethyl adjacent to an activating group) is 2. The number of aliphatic hydroxyl groups excluding tert-OH is 1. The van der Waals surface area contributed by atoms with Crippen LogP contribution in [0.25, 0.3) is 0 Å². The number of amides is 3. The summed E-state index contributed by atoms with van der Waals surface area (Å²) in [5.74, 6) is -0.658. The highest BCUT2D eigenvalue weighted by molar-refractivity contribution is 6.10. The number of imide groups is 1. The van der Waals surface area contributed by atoms with E-state index in [0.717, 1.165) is 4.90 Å². The molecule has 2 aromatic rings. The summed E-state index contributed by atoms with van der Waals surface area (Å²) in [6.45, 7) is 0.0722. The summed E-state index contributed by atoms with van der Waals surface area (Å²) in [6.07, 6.45) is -1.16. The number of aliphatic hydroxyl groups is 1. The molecule has 2 unspecified atom stereocenters. The SMILES string of the molecule is COc1ccccc1C1(CC(=O)N(C)CC(O)c2ccccc2)CC(=O)N(C)C1=O. The van der Waals surface area contributed by atoms with E-state index in [1.807, 2.05) is 18.2 Å². The summed E-state index contributed by atoms with van der Waals surface area (Å²) in [5, 5.41) is 10.5. The number of carbonyl (C=O) groups excluding carboxylic acids is 3. The Balaban J connectivity index is 1.88. The molecule has 0 saturated carbocycles. The van der Waals surface area contributed by atoms with Crippen molar-refractivity contribution in [2.45, 2.75) is 24.4 Å². The van der Waals surface area contributed by atoms with E-state index in [2.05, 4.69) is 0 Å². The second-order valence-corrected chi connectivity index (χ2v) is 7.59. The number of ether oxygens (including phenoxy) is 1. The number of methoxy groups -OCH3 is 1. The molecule has 1 heterocycles. The van der Waals surface area contributed by atoms with Crippen molar-refractivity contribution in [2.24, 2.45) is 0 Å². The van der Waals surface area contributed by atoms with Gasteiger partial charge in [-0.15, -0.1) is 0 Å². The highest BCUT2D eigenvalue weighted by Gasteiger charge is 2.54. The fraction of sp³-hybridized carbons (Fsp3) is 0.348. The van der Waals surface area contributed by atoms with Crippen LogP contribution in [0, 0.1) is 0 Å². The Bertz CT molecular complexity index is 946. The summed E-state index contributed by atoms with van der Waals surface area (Å²) >= 11 is 0. The molecule has 3 amide bonds. The van der Waals surface area contributed by atoms with Crippen molar-refractivity contribution in [3.63, 3.8) is 0 Å². The van der Waals surface area contributed by atoms with Crippen molar-refractivity contribution in [3.05, 3.63) is 65.7 Å². The second-order valence-electron chi connectivity index (χ2n) is 7.59. The zero-order chi connectivity index (χ0) is 21.9. The van der Waals surface area contributed by atoms with Crippen LogP contribution in [0.2, 0.25) is 0 Å². The molecule has 2 atom stereocenters. The van der Waals surface area contributed by atoms with Crippen LogP contribution in [0.15, 0.2) is 54.6 Å². The third-order valence-electron chi connectivity index (χ3n) is 5.67. The van der Waals surface area contributed by atoms with Crippen LogP contribution in [0.4, 0.5) is 0 Å². The maximum Gasteiger partial charge on any atom is 0.240 e. The number of hydrogen-bond donors (Lipinski definition) is 1. The van der Waals surface area contributed by atoms with Crippen molar-refractivity contribution in [1.29, 1.82) is 0 Å². The molecule has 0 aromatic heterocycles. The third kappa shape index (κ3) is 3.93. The van der Waals surface area contributed by atoms with Gasteiger partial charge in [0, 0.05) is 32.5 Å². The number of nitrogens with zero attached hydrogens (tertiary/aromatic N) is 2. The average Bonchev–Trinajstić information content (AvgIpc) is 2.98. The first-order valence-electron chi connectivity index (χ1n) is 9.71. The third-order valence-corrected chi connectivity index (χ3v) is 5.67. The molecule has 1 N–H and O–H groups in total. The van der Waals surface area contributed by atoms with E-state index < -0.39 is 17.4 Å². The van der Waals surface area contributed by atoms with Gasteiger partial charge in [-0.2, -0.15) is 0 Å². The Hall–Kier alpha value is -3.19. The molecule has 0 aliphatic carbocycles. The number of carbonyl (C=O) groups is 3. The van der Waals surface area contributed by atoms with E-state index in [1.54, 1.807) is 43.4 Å². The number of hydrogen-bond acceptors (Lipinski definition) is 5. The van der Waals surface area contributed by atoms with Gasteiger partial charge in [0.05, 0.1) is 25.2 Å². The van der Waals surface area contributed by atoms with Gasteiger partial charge in [-0.25, -0.2) is 0 Å². The summed E-state index contributed by atoms with van der Waals surface area (Å²) in [6, 6.07) is 16.0. The van der Waals surface area contributed by atoms with Gasteiger partial charge >= 0.3 is 0 Å². The zero-order valence-corrected chi connectivity index (χ0v) is 17.4. The number of benzene rings is 2. The molecule has 30 heavy (non-hydrogen) atoms. The highest BCUT2D eigenvalue weighted by atomic mass is 16.5. The molecule has 2 aromatic carbocycles. The normalized spacial score (nSPS) is 19.7. The van der Waals surface area contributed by atoms with Gasteiger partial charge in [0.15, 0.2) is 0 Å². The van der Waals surface area contributed by atoms with Gasteiger partial charge in [0.25, 0.3) is 0 Å². The zero-order valence-electron chi connectivity index (χ0n) is 17.4. The van der Waals surface area contributed by atoms with Crippen LogP contribution in [-0.2, 0) is 19.8 Å². The van der Waals surface area contributed by atoms with Crippen LogP contribution in [0.3, 0.4) is 0 Å². The molecule has 7 heteroatoms. The van der Waals surface area contributed by atoms with E-state index >= 15 is 0 Å². The lowest BCUT2D eigenvalue weighted by molar-refractivity contribution is -0.141. The van der Waals surface area contributed by atoms with Crippen LogP contribution < -0.4 is 4.74 Å². The van der Waals surface area contributed by atoms with Gasteiger partial charge in [-0.3, -0.25) is 19.3 Å². The standard InChI is InChI=1S/C23H26N2O5/c1-24(15-18(26)16-9-5-4-6-10-16)20(27)13-23(14-21(28)25(2)22(23)29)17-11-7-8-12-19(17)30-3/h4-12,18,26H,13-15H2,1-3H3. The lowest BCUT2D eigenvalue weighted by Crippen LogP contribution is -2.42. The maximum absolute atomic E-state index is 13.1. The Morgan fingerprint density at radius 2 is 1.80 bits per heavy atom. The molecular weight excluding hydrogens is 384 g/mol. The van der Waals surface area contributed by atoms with E-state index in [-0.39, 0.29) is 31.2 Å². The van der Waals surface area contributed by atoms with Gasteiger partial charge < -0.3 is 14.7 Å². The fourth-order valence-electron chi connectivity index (χ4n) is 3.91. The molecule has 3 rings (SSSR count). The quantitative estimate of drug-likeness (QED) is 0.705. The molecular formula is C23H26N2O5. The van der Waals surface area contributed by atoms with E-state index in [9.17, 15) is 19.5 Å². The highest BCUT2D eigenvalue weighted by Crippen LogP contribution is 2.43. The van der Waals surface area contributed by atoms with Crippen LogP contribution in [0.1, 0.15) is 30.1 Å². The topological polar surface area (TPSA) is 87.2 Å². The summed E-state index contributed by atoms with van der Waals surface area (Å²) in [7, 11) is 4.49. The van der Waals surface area contributed by atoms with E-state index in [1.165, 1.54) is 19.1 Å². The van der Waals surface area contributed by atoms with Crippen molar-refractivity contribution < 1.29 is 24.2 Å².